The molecule has 0 aromatic heterocycles. The van der Waals surface area contributed by atoms with Crippen LogP contribution in [0.5, 0.6) is 0 Å². The first kappa shape index (κ1) is 21.2. The van der Waals surface area contributed by atoms with E-state index in [2.05, 4.69) is 4.31 Å². The zero-order valence-electron chi connectivity index (χ0n) is 16.5. The summed E-state index contributed by atoms with van der Waals surface area (Å²) in [6.45, 7) is 2.31. The van der Waals surface area contributed by atoms with Crippen molar-refractivity contribution in [2.75, 3.05) is 26.2 Å². The maximum Gasteiger partial charge on any atom is 0.269 e. The van der Waals surface area contributed by atoms with Gasteiger partial charge in [0.05, 0.1) is 16.5 Å². The second-order valence-electron chi connectivity index (χ2n) is 7.34. The SMILES string of the molecule is O=C(c1ccc([N+](=O)[O-])cc1)N1CCC2(CC1)OCCN2Sc1ccc([N+](=O)[O-])cc1. The molecular weight excluding hydrogens is 424 g/mol. The standard InChI is InChI=1S/C20H20N4O6S/c25-19(15-1-3-16(4-2-15)23(26)27)21-11-9-20(10-12-21)22(13-14-30-20)31-18-7-5-17(6-8-18)24(28)29/h1-8H,9-14H2. The Morgan fingerprint density at radius 3 is 2.00 bits per heavy atom. The van der Waals surface area contributed by atoms with Crippen LogP contribution in [0.4, 0.5) is 11.4 Å². The van der Waals surface area contributed by atoms with Gasteiger partial charge in [-0.3, -0.25) is 25.0 Å². The summed E-state index contributed by atoms with van der Waals surface area (Å²) < 4.78 is 8.24. The molecule has 2 heterocycles. The molecule has 1 amide bonds. The molecule has 0 aliphatic carbocycles. The molecule has 0 unspecified atom stereocenters. The second-order valence-corrected chi connectivity index (χ2v) is 8.43. The summed E-state index contributed by atoms with van der Waals surface area (Å²) in [7, 11) is 0. The minimum absolute atomic E-state index is 0.0487. The third kappa shape index (κ3) is 4.38. The number of ether oxygens (including phenoxy) is 1. The Morgan fingerprint density at radius 1 is 0.903 bits per heavy atom. The highest BCUT2D eigenvalue weighted by Crippen LogP contribution is 2.41. The molecule has 0 saturated carbocycles. The molecule has 2 aliphatic rings. The molecule has 2 aromatic rings. The molecule has 2 aromatic carbocycles. The number of nitrogens with zero attached hydrogens (tertiary/aromatic N) is 4. The Morgan fingerprint density at radius 2 is 1.45 bits per heavy atom. The van der Waals surface area contributed by atoms with Gasteiger partial charge in [-0.25, -0.2) is 4.31 Å². The van der Waals surface area contributed by atoms with E-state index in [1.54, 1.807) is 17.0 Å². The Balaban J connectivity index is 1.39. The molecular formula is C20H20N4O6S. The van der Waals surface area contributed by atoms with Gasteiger partial charge in [0, 0.05) is 67.2 Å². The van der Waals surface area contributed by atoms with Gasteiger partial charge in [-0.05, 0) is 36.2 Å². The largest absolute Gasteiger partial charge is 0.358 e. The molecule has 11 heteroatoms. The van der Waals surface area contributed by atoms with Crippen LogP contribution in [0.25, 0.3) is 0 Å². The summed E-state index contributed by atoms with van der Waals surface area (Å²) in [5.74, 6) is -0.155. The lowest BCUT2D eigenvalue weighted by Gasteiger charge is -2.43. The number of nitro groups is 2. The second kappa shape index (κ2) is 8.61. The lowest BCUT2D eigenvalue weighted by Crippen LogP contribution is -2.52. The van der Waals surface area contributed by atoms with E-state index in [9.17, 15) is 25.0 Å². The zero-order valence-corrected chi connectivity index (χ0v) is 17.3. The van der Waals surface area contributed by atoms with Crippen LogP contribution >= 0.6 is 11.9 Å². The quantitative estimate of drug-likeness (QED) is 0.391. The lowest BCUT2D eigenvalue weighted by molar-refractivity contribution is -0.385. The number of hydrogen-bond acceptors (Lipinski definition) is 8. The maximum atomic E-state index is 12.8. The number of amides is 1. The fourth-order valence-electron chi connectivity index (χ4n) is 3.84. The predicted octanol–water partition coefficient (Wildman–Crippen LogP) is 3.47. The van der Waals surface area contributed by atoms with Gasteiger partial charge < -0.3 is 9.64 Å². The topological polar surface area (TPSA) is 119 Å². The number of carbonyl (C=O) groups excluding carboxylic acids is 1. The molecule has 162 valence electrons. The van der Waals surface area contributed by atoms with E-state index in [0.29, 0.717) is 38.1 Å². The highest BCUT2D eigenvalue weighted by molar-refractivity contribution is 7.97. The first-order valence-corrected chi connectivity index (χ1v) is 10.5. The number of rotatable bonds is 5. The van der Waals surface area contributed by atoms with Gasteiger partial charge in [0.25, 0.3) is 17.3 Å². The van der Waals surface area contributed by atoms with E-state index < -0.39 is 15.6 Å². The Labute approximate surface area is 182 Å². The summed E-state index contributed by atoms with van der Waals surface area (Å²) in [6, 6.07) is 12.0. The zero-order chi connectivity index (χ0) is 22.0. The molecule has 0 N–H and O–H groups in total. The van der Waals surface area contributed by atoms with E-state index in [-0.39, 0.29) is 17.3 Å². The highest BCUT2D eigenvalue weighted by atomic mass is 32.2. The van der Waals surface area contributed by atoms with Crippen molar-refractivity contribution in [1.29, 1.82) is 0 Å². The average molecular weight is 444 g/mol. The molecule has 0 bridgehead atoms. The molecule has 2 aliphatic heterocycles. The summed E-state index contributed by atoms with van der Waals surface area (Å²) in [6.07, 6.45) is 1.26. The summed E-state index contributed by atoms with van der Waals surface area (Å²) >= 11 is 1.51. The minimum atomic E-state index is -0.493. The van der Waals surface area contributed by atoms with Gasteiger partial charge >= 0.3 is 0 Å². The number of piperidine rings is 1. The van der Waals surface area contributed by atoms with Gasteiger partial charge in [0.2, 0.25) is 0 Å². The highest BCUT2D eigenvalue weighted by Gasteiger charge is 2.46. The number of benzene rings is 2. The maximum absolute atomic E-state index is 12.8. The van der Waals surface area contributed by atoms with Crippen LogP contribution in [0.1, 0.15) is 23.2 Å². The number of carbonyl (C=O) groups is 1. The summed E-state index contributed by atoms with van der Waals surface area (Å²) in [4.78, 5) is 36.1. The molecule has 2 fully saturated rings. The molecule has 4 rings (SSSR count). The van der Waals surface area contributed by atoms with E-state index in [0.717, 1.165) is 11.4 Å². The van der Waals surface area contributed by atoms with Crippen LogP contribution in [0.15, 0.2) is 53.4 Å². The third-order valence-corrected chi connectivity index (χ3v) is 6.76. The van der Waals surface area contributed by atoms with E-state index >= 15 is 0 Å². The van der Waals surface area contributed by atoms with Gasteiger partial charge in [-0.2, -0.15) is 0 Å². The van der Waals surface area contributed by atoms with Crippen LogP contribution in [0.2, 0.25) is 0 Å². The monoisotopic (exact) mass is 444 g/mol. The van der Waals surface area contributed by atoms with E-state index in [1.165, 1.54) is 48.3 Å². The normalized spacial score (nSPS) is 18.3. The van der Waals surface area contributed by atoms with Crippen molar-refractivity contribution in [3.8, 4) is 0 Å². The number of likely N-dealkylation sites (tertiary alicyclic amines) is 1. The van der Waals surface area contributed by atoms with Crippen molar-refractivity contribution in [3.05, 3.63) is 74.3 Å². The molecule has 2 saturated heterocycles. The van der Waals surface area contributed by atoms with E-state index in [4.69, 9.17) is 4.74 Å². The van der Waals surface area contributed by atoms with Crippen molar-refractivity contribution >= 4 is 29.2 Å². The molecule has 1 spiro atoms. The molecule has 31 heavy (non-hydrogen) atoms. The Hall–Kier alpha value is -3.02. The van der Waals surface area contributed by atoms with Crippen LogP contribution < -0.4 is 0 Å². The molecule has 0 atom stereocenters. The fraction of sp³-hybridized carbons (Fsp3) is 0.350. The van der Waals surface area contributed by atoms with Crippen LogP contribution in [0.3, 0.4) is 0 Å². The van der Waals surface area contributed by atoms with Crippen molar-refractivity contribution < 1.29 is 19.4 Å². The number of non-ortho nitro benzene ring substituents is 2. The Bertz CT molecular complexity index is 990. The van der Waals surface area contributed by atoms with Crippen molar-refractivity contribution in [1.82, 2.24) is 9.21 Å². The molecule has 10 nitrogen and oxygen atoms in total. The predicted molar refractivity (Wildman–Crippen MR) is 113 cm³/mol. The smallest absolute Gasteiger partial charge is 0.269 e. The fourth-order valence-corrected chi connectivity index (χ4v) is 4.92. The van der Waals surface area contributed by atoms with Gasteiger partial charge in [0.15, 0.2) is 0 Å². The van der Waals surface area contributed by atoms with Crippen molar-refractivity contribution in [2.45, 2.75) is 23.5 Å². The summed E-state index contributed by atoms with van der Waals surface area (Å²) in [5, 5.41) is 21.6. The third-order valence-electron chi connectivity index (χ3n) is 5.54. The van der Waals surface area contributed by atoms with Gasteiger partial charge in [0.1, 0.15) is 5.72 Å². The minimum Gasteiger partial charge on any atom is -0.358 e. The molecule has 0 radical (unpaired) electrons. The lowest BCUT2D eigenvalue weighted by atomic mass is 10.00. The van der Waals surface area contributed by atoms with Crippen LogP contribution in [0, 0.1) is 20.2 Å². The van der Waals surface area contributed by atoms with Crippen molar-refractivity contribution in [2.24, 2.45) is 0 Å². The van der Waals surface area contributed by atoms with Gasteiger partial charge in [-0.1, -0.05) is 0 Å². The van der Waals surface area contributed by atoms with Crippen LogP contribution in [-0.2, 0) is 4.74 Å². The first-order valence-electron chi connectivity index (χ1n) is 9.76. The van der Waals surface area contributed by atoms with E-state index in [1.807, 2.05) is 0 Å². The first-order chi connectivity index (χ1) is 14.9. The van der Waals surface area contributed by atoms with Crippen molar-refractivity contribution in [3.63, 3.8) is 0 Å². The Kier molecular flexibility index (Phi) is 5.90. The van der Waals surface area contributed by atoms with Gasteiger partial charge in [-0.15, -0.1) is 0 Å². The number of hydrogen-bond donors (Lipinski definition) is 0. The average Bonchev–Trinajstić information content (AvgIpc) is 3.15. The summed E-state index contributed by atoms with van der Waals surface area (Å²) in [5.41, 5.74) is -0.0631. The van der Waals surface area contributed by atoms with Crippen LogP contribution in [-0.4, -0.2) is 56.9 Å². The number of nitro benzene ring substituents is 2.